The van der Waals surface area contributed by atoms with Gasteiger partial charge in [0.1, 0.15) is 11.4 Å². The zero-order chi connectivity index (χ0) is 30.1. The standard InChI is InChI=1S/C34H33N3O4S/c1-22-16-17-28(18-23(22)2)35-32(38)24(3)42-30-15-9-13-27(21-30)36-34(40)31(20-25-10-8-14-29(19-25)41-4)37-33(39)26-11-6-5-7-12-26/h5-21,24H,1-4H3,(H,35,38)(H,36,40)(H,37,39)/b31-20-. The lowest BCUT2D eigenvalue weighted by Crippen LogP contribution is -2.30. The Morgan fingerprint density at radius 2 is 1.52 bits per heavy atom. The molecule has 0 radical (unpaired) electrons. The van der Waals surface area contributed by atoms with Gasteiger partial charge < -0.3 is 20.7 Å². The summed E-state index contributed by atoms with van der Waals surface area (Å²) in [5.41, 5.74) is 4.72. The fraction of sp³-hybridized carbons (Fsp3) is 0.147. The van der Waals surface area contributed by atoms with Crippen molar-refractivity contribution in [3.63, 3.8) is 0 Å². The molecule has 0 spiro atoms. The van der Waals surface area contributed by atoms with Crippen LogP contribution in [0.3, 0.4) is 0 Å². The van der Waals surface area contributed by atoms with E-state index in [4.69, 9.17) is 4.74 Å². The minimum atomic E-state index is -0.496. The van der Waals surface area contributed by atoms with E-state index in [-0.39, 0.29) is 16.9 Å². The minimum Gasteiger partial charge on any atom is -0.497 e. The highest BCUT2D eigenvalue weighted by molar-refractivity contribution is 8.00. The van der Waals surface area contributed by atoms with Crippen LogP contribution in [0.25, 0.3) is 6.08 Å². The number of carbonyl (C=O) groups excluding carboxylic acids is 3. The van der Waals surface area contributed by atoms with Crippen molar-refractivity contribution in [1.29, 1.82) is 0 Å². The van der Waals surface area contributed by atoms with Crippen LogP contribution >= 0.6 is 11.8 Å². The van der Waals surface area contributed by atoms with Crippen molar-refractivity contribution in [3.8, 4) is 5.75 Å². The van der Waals surface area contributed by atoms with Crippen LogP contribution in [0.15, 0.2) is 108 Å². The number of methoxy groups -OCH3 is 1. The van der Waals surface area contributed by atoms with E-state index in [9.17, 15) is 14.4 Å². The number of carbonyl (C=O) groups is 3. The molecule has 4 rings (SSSR count). The van der Waals surface area contributed by atoms with Gasteiger partial charge >= 0.3 is 0 Å². The Morgan fingerprint density at radius 3 is 2.26 bits per heavy atom. The van der Waals surface area contributed by atoms with Gasteiger partial charge in [-0.05, 0) is 98.1 Å². The number of anilines is 2. The first kappa shape index (κ1) is 30.1. The number of nitrogens with one attached hydrogen (secondary N) is 3. The third-order valence-corrected chi connectivity index (χ3v) is 7.58. The van der Waals surface area contributed by atoms with Gasteiger partial charge in [0.05, 0.1) is 12.4 Å². The fourth-order valence-corrected chi connectivity index (χ4v) is 4.93. The van der Waals surface area contributed by atoms with Crippen molar-refractivity contribution in [3.05, 3.63) is 125 Å². The van der Waals surface area contributed by atoms with E-state index in [2.05, 4.69) is 16.0 Å². The summed E-state index contributed by atoms with van der Waals surface area (Å²) in [6.07, 6.45) is 1.59. The molecule has 214 valence electrons. The highest BCUT2D eigenvalue weighted by atomic mass is 32.2. The molecule has 0 aliphatic heterocycles. The molecular weight excluding hydrogens is 546 g/mol. The number of hydrogen-bond donors (Lipinski definition) is 3. The second kappa shape index (κ2) is 14.2. The lowest BCUT2D eigenvalue weighted by Gasteiger charge is -2.15. The van der Waals surface area contributed by atoms with Crippen LogP contribution in [0.4, 0.5) is 11.4 Å². The Balaban J connectivity index is 1.49. The predicted molar refractivity (Wildman–Crippen MR) is 170 cm³/mol. The van der Waals surface area contributed by atoms with Crippen LogP contribution in [0.2, 0.25) is 0 Å². The minimum absolute atomic E-state index is 0.0660. The number of amides is 3. The van der Waals surface area contributed by atoms with Crippen LogP contribution < -0.4 is 20.7 Å². The van der Waals surface area contributed by atoms with Gasteiger partial charge in [0.15, 0.2) is 0 Å². The summed E-state index contributed by atoms with van der Waals surface area (Å²) in [7, 11) is 1.56. The molecule has 1 unspecified atom stereocenters. The topological polar surface area (TPSA) is 96.5 Å². The van der Waals surface area contributed by atoms with Crippen LogP contribution in [-0.2, 0) is 9.59 Å². The molecule has 4 aromatic carbocycles. The highest BCUT2D eigenvalue weighted by Gasteiger charge is 2.18. The first-order valence-electron chi connectivity index (χ1n) is 13.4. The lowest BCUT2D eigenvalue weighted by molar-refractivity contribution is -0.115. The summed E-state index contributed by atoms with van der Waals surface area (Å²) in [4.78, 5) is 40.0. The van der Waals surface area contributed by atoms with E-state index in [1.807, 2.05) is 57.2 Å². The monoisotopic (exact) mass is 579 g/mol. The average molecular weight is 580 g/mol. The summed E-state index contributed by atoms with van der Waals surface area (Å²) in [6, 6.07) is 28.9. The highest BCUT2D eigenvalue weighted by Crippen LogP contribution is 2.27. The molecule has 42 heavy (non-hydrogen) atoms. The van der Waals surface area contributed by atoms with E-state index in [1.54, 1.807) is 73.8 Å². The zero-order valence-corrected chi connectivity index (χ0v) is 24.8. The number of thioether (sulfide) groups is 1. The number of rotatable bonds is 10. The molecule has 3 N–H and O–H groups in total. The molecule has 0 aliphatic rings. The van der Waals surface area contributed by atoms with Gasteiger partial charge in [-0.2, -0.15) is 0 Å². The first-order chi connectivity index (χ1) is 20.2. The van der Waals surface area contributed by atoms with E-state index in [0.717, 1.165) is 21.7 Å². The second-order valence-corrected chi connectivity index (χ2v) is 11.1. The molecule has 0 heterocycles. The van der Waals surface area contributed by atoms with E-state index in [0.29, 0.717) is 22.6 Å². The Hall–Kier alpha value is -4.82. The molecule has 7 nitrogen and oxygen atoms in total. The van der Waals surface area contributed by atoms with Gasteiger partial charge in [-0.3, -0.25) is 14.4 Å². The zero-order valence-electron chi connectivity index (χ0n) is 23.9. The Kier molecular flexibility index (Phi) is 10.2. The third kappa shape index (κ3) is 8.34. The van der Waals surface area contributed by atoms with Crippen molar-refractivity contribution in [2.24, 2.45) is 0 Å². The molecule has 0 aromatic heterocycles. The predicted octanol–water partition coefficient (Wildman–Crippen LogP) is 6.84. The molecule has 0 fully saturated rings. The maximum absolute atomic E-state index is 13.4. The van der Waals surface area contributed by atoms with Crippen molar-refractivity contribution < 1.29 is 19.1 Å². The normalized spacial score (nSPS) is 11.8. The smallest absolute Gasteiger partial charge is 0.272 e. The summed E-state index contributed by atoms with van der Waals surface area (Å²) < 4.78 is 5.30. The molecule has 4 aromatic rings. The van der Waals surface area contributed by atoms with E-state index in [1.165, 1.54) is 11.8 Å². The van der Waals surface area contributed by atoms with E-state index >= 15 is 0 Å². The number of ether oxygens (including phenoxy) is 1. The molecule has 0 saturated heterocycles. The van der Waals surface area contributed by atoms with Crippen molar-refractivity contribution in [1.82, 2.24) is 5.32 Å². The number of benzene rings is 4. The SMILES string of the molecule is COc1cccc(/C=C(\NC(=O)c2ccccc2)C(=O)Nc2cccc(SC(C)C(=O)Nc3ccc(C)c(C)c3)c2)c1. The van der Waals surface area contributed by atoms with Crippen molar-refractivity contribution >= 4 is 46.9 Å². The van der Waals surface area contributed by atoms with Gasteiger partial charge in [-0.25, -0.2) is 0 Å². The van der Waals surface area contributed by atoms with Gasteiger partial charge in [0.25, 0.3) is 11.8 Å². The summed E-state index contributed by atoms with van der Waals surface area (Å²) in [5.74, 6) is -0.402. The summed E-state index contributed by atoms with van der Waals surface area (Å²) >= 11 is 1.38. The summed E-state index contributed by atoms with van der Waals surface area (Å²) in [6.45, 7) is 5.87. The quantitative estimate of drug-likeness (QED) is 0.141. The molecule has 1 atom stereocenters. The molecule has 8 heteroatoms. The number of aryl methyl sites for hydroxylation is 2. The van der Waals surface area contributed by atoms with Crippen LogP contribution in [-0.4, -0.2) is 30.1 Å². The van der Waals surface area contributed by atoms with Gasteiger partial charge in [-0.1, -0.05) is 42.5 Å². The molecule has 0 saturated carbocycles. The van der Waals surface area contributed by atoms with Crippen LogP contribution in [0, 0.1) is 13.8 Å². The second-order valence-electron chi connectivity index (χ2n) is 9.69. The maximum atomic E-state index is 13.4. The average Bonchev–Trinajstić information content (AvgIpc) is 2.99. The van der Waals surface area contributed by atoms with Gasteiger partial charge in [0.2, 0.25) is 5.91 Å². The lowest BCUT2D eigenvalue weighted by atomic mass is 10.1. The number of hydrogen-bond acceptors (Lipinski definition) is 5. The fourth-order valence-electron chi connectivity index (χ4n) is 4.01. The third-order valence-electron chi connectivity index (χ3n) is 6.48. The molecule has 3 amide bonds. The Morgan fingerprint density at radius 1 is 0.786 bits per heavy atom. The van der Waals surface area contributed by atoms with Crippen molar-refractivity contribution in [2.45, 2.75) is 30.9 Å². The van der Waals surface area contributed by atoms with Crippen molar-refractivity contribution in [2.75, 3.05) is 17.7 Å². The first-order valence-corrected chi connectivity index (χ1v) is 14.3. The largest absolute Gasteiger partial charge is 0.497 e. The maximum Gasteiger partial charge on any atom is 0.272 e. The summed E-state index contributed by atoms with van der Waals surface area (Å²) in [5, 5.41) is 8.20. The molecule has 0 aliphatic carbocycles. The molecular formula is C34H33N3O4S. The Labute approximate surface area is 250 Å². The molecule has 0 bridgehead atoms. The van der Waals surface area contributed by atoms with Gasteiger partial charge in [0, 0.05) is 21.8 Å². The van der Waals surface area contributed by atoms with Gasteiger partial charge in [-0.15, -0.1) is 11.8 Å². The van der Waals surface area contributed by atoms with Crippen LogP contribution in [0.5, 0.6) is 5.75 Å². The van der Waals surface area contributed by atoms with Crippen LogP contribution in [0.1, 0.15) is 34.0 Å². The van der Waals surface area contributed by atoms with E-state index < -0.39 is 11.8 Å². The Bertz CT molecular complexity index is 1620.